The molecule has 2 rings (SSSR count). The summed E-state index contributed by atoms with van der Waals surface area (Å²) in [6, 6.07) is 5.56. The molecule has 0 amide bonds. The molecule has 1 heterocycles. The van der Waals surface area contributed by atoms with Crippen LogP contribution in [0.5, 0.6) is 5.75 Å². The summed E-state index contributed by atoms with van der Waals surface area (Å²) in [7, 11) is 0. The fourth-order valence-corrected chi connectivity index (χ4v) is 2.49. The number of halogens is 4. The first-order chi connectivity index (χ1) is 8.96. The van der Waals surface area contributed by atoms with Gasteiger partial charge in [0.25, 0.3) is 0 Å². The van der Waals surface area contributed by atoms with Gasteiger partial charge < -0.3 is 10.1 Å². The van der Waals surface area contributed by atoms with E-state index >= 15 is 0 Å². The average Bonchev–Trinajstić information content (AvgIpc) is 2.50. The molecular weight excluding hydrogens is 323 g/mol. The van der Waals surface area contributed by atoms with Crippen molar-refractivity contribution in [3.05, 3.63) is 28.2 Å². The maximum Gasteiger partial charge on any atom is 0.390 e. The molecule has 0 radical (unpaired) electrons. The van der Waals surface area contributed by atoms with Gasteiger partial charge in [0.1, 0.15) is 5.75 Å². The maximum absolute atomic E-state index is 12.2. The molecule has 0 aliphatic carbocycles. The van der Waals surface area contributed by atoms with Crippen LogP contribution < -0.4 is 10.1 Å². The van der Waals surface area contributed by atoms with Crippen molar-refractivity contribution in [2.24, 2.45) is 0 Å². The molecule has 1 unspecified atom stereocenters. The molecule has 1 aromatic carbocycles. The van der Waals surface area contributed by atoms with Gasteiger partial charge in [0.05, 0.1) is 13.0 Å². The molecule has 0 saturated carbocycles. The van der Waals surface area contributed by atoms with Gasteiger partial charge in [-0.3, -0.25) is 0 Å². The van der Waals surface area contributed by atoms with Crippen LogP contribution in [0.1, 0.15) is 30.9 Å². The normalized spacial score (nSPS) is 19.5. The van der Waals surface area contributed by atoms with Gasteiger partial charge in [0.15, 0.2) is 0 Å². The summed E-state index contributed by atoms with van der Waals surface area (Å²) < 4.78 is 43.0. The predicted octanol–water partition coefficient (Wildman–Crippen LogP) is 4.20. The van der Waals surface area contributed by atoms with E-state index in [0.29, 0.717) is 6.61 Å². The van der Waals surface area contributed by atoms with Crippen LogP contribution in [0.4, 0.5) is 13.2 Å². The van der Waals surface area contributed by atoms with Crippen molar-refractivity contribution in [2.75, 3.05) is 13.2 Å². The summed E-state index contributed by atoms with van der Waals surface area (Å²) in [5.74, 6) is 0.747. The lowest BCUT2D eigenvalue weighted by Gasteiger charge is -2.19. The Morgan fingerprint density at radius 3 is 2.89 bits per heavy atom. The molecular formula is C13H15BrF3NO. The minimum absolute atomic E-state index is 0.0658. The molecule has 2 nitrogen and oxygen atoms in total. The van der Waals surface area contributed by atoms with Crippen molar-refractivity contribution in [1.29, 1.82) is 0 Å². The summed E-state index contributed by atoms with van der Waals surface area (Å²) >= 11 is 3.37. The van der Waals surface area contributed by atoms with E-state index in [2.05, 4.69) is 21.2 Å². The second-order valence-corrected chi connectivity index (χ2v) is 5.46. The lowest BCUT2D eigenvalue weighted by Crippen LogP contribution is -2.26. The molecule has 0 bridgehead atoms. The fourth-order valence-electron chi connectivity index (χ4n) is 2.15. The molecule has 106 valence electrons. The first kappa shape index (κ1) is 14.7. The van der Waals surface area contributed by atoms with E-state index in [9.17, 15) is 13.2 Å². The van der Waals surface area contributed by atoms with Crippen molar-refractivity contribution in [1.82, 2.24) is 5.32 Å². The quantitative estimate of drug-likeness (QED) is 0.892. The van der Waals surface area contributed by atoms with Gasteiger partial charge in [0, 0.05) is 22.6 Å². The first-order valence-corrected chi connectivity index (χ1v) is 6.97. The van der Waals surface area contributed by atoms with Gasteiger partial charge in [-0.1, -0.05) is 22.0 Å². The Hall–Kier alpha value is -0.750. The Bertz CT molecular complexity index is 436. The Kier molecular flexibility index (Phi) is 4.73. The van der Waals surface area contributed by atoms with E-state index in [4.69, 9.17) is 4.74 Å². The Balaban J connectivity index is 2.05. The number of alkyl halides is 3. The zero-order valence-corrected chi connectivity index (χ0v) is 11.9. The highest BCUT2D eigenvalue weighted by molar-refractivity contribution is 9.10. The van der Waals surface area contributed by atoms with Crippen molar-refractivity contribution in [2.45, 2.75) is 31.5 Å². The van der Waals surface area contributed by atoms with Gasteiger partial charge in [-0.05, 0) is 25.0 Å². The first-order valence-electron chi connectivity index (χ1n) is 6.18. The Morgan fingerprint density at radius 2 is 2.16 bits per heavy atom. The number of fused-ring (bicyclic) bond motifs is 1. The summed E-state index contributed by atoms with van der Waals surface area (Å²) in [5.41, 5.74) is 0.933. The van der Waals surface area contributed by atoms with E-state index in [0.717, 1.165) is 28.6 Å². The van der Waals surface area contributed by atoms with E-state index in [1.165, 1.54) is 0 Å². The van der Waals surface area contributed by atoms with Crippen LogP contribution in [0.3, 0.4) is 0 Å². The molecule has 0 saturated heterocycles. The largest absolute Gasteiger partial charge is 0.493 e. The summed E-state index contributed by atoms with van der Waals surface area (Å²) in [4.78, 5) is 0. The van der Waals surface area contributed by atoms with Gasteiger partial charge >= 0.3 is 6.18 Å². The summed E-state index contributed by atoms with van der Waals surface area (Å²) in [5, 5.41) is 2.98. The number of benzene rings is 1. The van der Waals surface area contributed by atoms with Crippen molar-refractivity contribution < 1.29 is 17.9 Å². The third-order valence-electron chi connectivity index (χ3n) is 3.04. The number of hydrogen-bond acceptors (Lipinski definition) is 2. The second-order valence-electron chi connectivity index (χ2n) is 4.54. The molecule has 0 aromatic heterocycles. The van der Waals surface area contributed by atoms with Crippen LogP contribution in [0.2, 0.25) is 0 Å². The highest BCUT2D eigenvalue weighted by atomic mass is 79.9. The molecule has 1 N–H and O–H groups in total. The monoisotopic (exact) mass is 337 g/mol. The Labute approximate surface area is 118 Å². The molecule has 1 aliphatic heterocycles. The van der Waals surface area contributed by atoms with Gasteiger partial charge in [-0.15, -0.1) is 0 Å². The third-order valence-corrected chi connectivity index (χ3v) is 3.54. The fraction of sp³-hybridized carbons (Fsp3) is 0.538. The van der Waals surface area contributed by atoms with Gasteiger partial charge in [-0.25, -0.2) is 0 Å². The van der Waals surface area contributed by atoms with E-state index in [1.807, 2.05) is 18.2 Å². The minimum atomic E-state index is -4.11. The lowest BCUT2D eigenvalue weighted by molar-refractivity contribution is -0.133. The summed E-state index contributed by atoms with van der Waals surface area (Å²) in [6.07, 6.45) is -3.31. The van der Waals surface area contributed by atoms with Crippen LogP contribution in [0.25, 0.3) is 0 Å². The topological polar surface area (TPSA) is 21.3 Å². The number of ether oxygens (including phenoxy) is 1. The van der Waals surface area contributed by atoms with Crippen LogP contribution in [-0.2, 0) is 0 Å². The summed E-state index contributed by atoms with van der Waals surface area (Å²) in [6.45, 7) is 0.532. The SMILES string of the molecule is FC(F)(F)CCNC1CCCOc2cc(Br)ccc21. The molecule has 1 aliphatic rings. The maximum atomic E-state index is 12.2. The smallest absolute Gasteiger partial charge is 0.390 e. The number of hydrogen-bond donors (Lipinski definition) is 1. The highest BCUT2D eigenvalue weighted by Crippen LogP contribution is 2.33. The van der Waals surface area contributed by atoms with Crippen LogP contribution >= 0.6 is 15.9 Å². The standard InChI is InChI=1S/C13H15BrF3NO/c14-9-3-4-10-11(18-6-5-13(15,16)17)2-1-7-19-12(10)8-9/h3-4,8,11,18H,1-2,5-7H2. The molecule has 0 fully saturated rings. The molecule has 19 heavy (non-hydrogen) atoms. The highest BCUT2D eigenvalue weighted by Gasteiger charge is 2.27. The van der Waals surface area contributed by atoms with Crippen LogP contribution in [0.15, 0.2) is 22.7 Å². The molecule has 6 heteroatoms. The van der Waals surface area contributed by atoms with Crippen molar-refractivity contribution >= 4 is 15.9 Å². The molecule has 1 atom stereocenters. The lowest BCUT2D eigenvalue weighted by atomic mass is 10.0. The second kappa shape index (κ2) is 6.13. The predicted molar refractivity (Wildman–Crippen MR) is 70.3 cm³/mol. The van der Waals surface area contributed by atoms with E-state index in [1.54, 1.807) is 0 Å². The Morgan fingerprint density at radius 1 is 1.37 bits per heavy atom. The van der Waals surface area contributed by atoms with Crippen molar-refractivity contribution in [3.8, 4) is 5.75 Å². The zero-order valence-electron chi connectivity index (χ0n) is 10.3. The van der Waals surface area contributed by atoms with Crippen LogP contribution in [-0.4, -0.2) is 19.3 Å². The van der Waals surface area contributed by atoms with E-state index in [-0.39, 0.29) is 12.6 Å². The number of nitrogens with one attached hydrogen (secondary N) is 1. The number of rotatable bonds is 3. The van der Waals surface area contributed by atoms with Gasteiger partial charge in [0.2, 0.25) is 0 Å². The van der Waals surface area contributed by atoms with E-state index < -0.39 is 12.6 Å². The zero-order chi connectivity index (χ0) is 13.9. The average molecular weight is 338 g/mol. The minimum Gasteiger partial charge on any atom is -0.493 e. The molecule has 0 spiro atoms. The van der Waals surface area contributed by atoms with Crippen LogP contribution in [0, 0.1) is 0 Å². The van der Waals surface area contributed by atoms with Crippen molar-refractivity contribution in [3.63, 3.8) is 0 Å². The van der Waals surface area contributed by atoms with Gasteiger partial charge in [-0.2, -0.15) is 13.2 Å². The third kappa shape index (κ3) is 4.38. The molecule has 1 aromatic rings.